The fourth-order valence-electron chi connectivity index (χ4n) is 2.38. The third-order valence-corrected chi connectivity index (χ3v) is 5.40. The van der Waals surface area contributed by atoms with E-state index in [4.69, 9.17) is 5.26 Å². The van der Waals surface area contributed by atoms with Crippen molar-refractivity contribution in [2.45, 2.75) is 26.0 Å². The third kappa shape index (κ3) is 5.11. The first-order chi connectivity index (χ1) is 13.2. The second kappa shape index (κ2) is 9.38. The quantitative estimate of drug-likeness (QED) is 0.318. The Hall–Kier alpha value is -2.84. The molecule has 2 aromatic carbocycles. The number of hydrazine groups is 1. The second-order valence-corrected chi connectivity index (χ2v) is 7.14. The summed E-state index contributed by atoms with van der Waals surface area (Å²) in [5.41, 5.74) is 6.67. The second-order valence-electron chi connectivity index (χ2n) is 6.06. The van der Waals surface area contributed by atoms with Gasteiger partial charge in [-0.05, 0) is 78.4 Å². The average Bonchev–Trinajstić information content (AvgIpc) is 2.67. The smallest absolute Gasteiger partial charge is 0.269 e. The Labute approximate surface area is 175 Å². The number of carbonyl (C=O) groups excluding carboxylic acids is 2. The molecular formula is C19H19IN4O4. The van der Waals surface area contributed by atoms with E-state index in [0.29, 0.717) is 11.3 Å². The van der Waals surface area contributed by atoms with E-state index in [1.54, 1.807) is 19.1 Å². The van der Waals surface area contributed by atoms with Gasteiger partial charge in [0.15, 0.2) is 0 Å². The lowest BCUT2D eigenvalue weighted by atomic mass is 10.1. The Morgan fingerprint density at radius 1 is 1.14 bits per heavy atom. The van der Waals surface area contributed by atoms with Gasteiger partial charge < -0.3 is 15.5 Å². The molecule has 0 radical (unpaired) electrons. The molecule has 0 spiro atoms. The summed E-state index contributed by atoms with van der Waals surface area (Å²) in [6, 6.07) is 9.85. The van der Waals surface area contributed by atoms with Crippen molar-refractivity contribution >= 4 is 40.1 Å². The van der Waals surface area contributed by atoms with Crippen LogP contribution in [0, 0.1) is 21.8 Å². The Morgan fingerprint density at radius 3 is 2.36 bits per heavy atom. The number of hydrogen-bond acceptors (Lipinski definition) is 6. The van der Waals surface area contributed by atoms with Crippen LogP contribution in [0.15, 0.2) is 36.4 Å². The number of rotatable bonds is 5. The van der Waals surface area contributed by atoms with Crippen LogP contribution in [0.3, 0.4) is 0 Å². The number of benzene rings is 2. The lowest BCUT2D eigenvalue weighted by Gasteiger charge is -2.23. The van der Waals surface area contributed by atoms with Gasteiger partial charge in [0.2, 0.25) is 0 Å². The van der Waals surface area contributed by atoms with Crippen molar-refractivity contribution in [3.05, 3.63) is 56.7 Å². The summed E-state index contributed by atoms with van der Waals surface area (Å²) >= 11 is 2.05. The van der Waals surface area contributed by atoms with Crippen LogP contribution in [-0.4, -0.2) is 34.2 Å². The van der Waals surface area contributed by atoms with Crippen molar-refractivity contribution in [2.24, 2.45) is 0 Å². The summed E-state index contributed by atoms with van der Waals surface area (Å²) in [6.07, 6.45) is -1.06. The van der Waals surface area contributed by atoms with Gasteiger partial charge in [-0.2, -0.15) is 5.26 Å². The molecule has 146 valence electrons. The van der Waals surface area contributed by atoms with Gasteiger partial charge in [-0.3, -0.25) is 20.4 Å². The lowest BCUT2D eigenvalue weighted by Crippen LogP contribution is -2.52. The third-order valence-electron chi connectivity index (χ3n) is 4.01. The molecule has 0 saturated carbocycles. The minimum atomic E-state index is -1.06. The van der Waals surface area contributed by atoms with Crippen LogP contribution in [0.25, 0.3) is 0 Å². The molecule has 0 aliphatic heterocycles. The van der Waals surface area contributed by atoms with Gasteiger partial charge in [-0.1, -0.05) is 0 Å². The zero-order valence-electron chi connectivity index (χ0n) is 15.2. The first kappa shape index (κ1) is 21.5. The number of halogens is 1. The summed E-state index contributed by atoms with van der Waals surface area (Å²) in [5, 5.41) is 31.3. The number of aliphatic hydroxyl groups is 1. The molecular weight excluding hydrogens is 475 g/mol. The highest BCUT2D eigenvalue weighted by Gasteiger charge is 2.25. The van der Waals surface area contributed by atoms with Gasteiger partial charge in [-0.15, -0.1) is 0 Å². The molecule has 2 amide bonds. The molecule has 0 unspecified atom stereocenters. The first-order valence-corrected chi connectivity index (χ1v) is 9.35. The van der Waals surface area contributed by atoms with Gasteiger partial charge >= 0.3 is 0 Å². The predicted molar refractivity (Wildman–Crippen MR) is 111 cm³/mol. The maximum Gasteiger partial charge on any atom is 0.269 e. The number of nitriles is 1. The number of aromatic hydroxyl groups is 1. The Balaban J connectivity index is 2.08. The minimum absolute atomic E-state index is 0.0198. The number of aliphatic hydroxyl groups excluding tert-OH is 1. The molecule has 2 atom stereocenters. The van der Waals surface area contributed by atoms with E-state index < -0.39 is 24.0 Å². The fraction of sp³-hybridized carbons (Fsp3) is 0.211. The Kier molecular flexibility index (Phi) is 7.19. The van der Waals surface area contributed by atoms with E-state index in [-0.39, 0.29) is 11.3 Å². The van der Waals surface area contributed by atoms with Crippen LogP contribution < -0.4 is 16.2 Å². The summed E-state index contributed by atoms with van der Waals surface area (Å²) in [6.45, 7) is 3.25. The van der Waals surface area contributed by atoms with Crippen LogP contribution in [-0.2, 0) is 4.79 Å². The van der Waals surface area contributed by atoms with E-state index in [9.17, 15) is 19.8 Å². The topological polar surface area (TPSA) is 134 Å². The summed E-state index contributed by atoms with van der Waals surface area (Å²) in [4.78, 5) is 24.5. The highest BCUT2D eigenvalue weighted by molar-refractivity contribution is 14.1. The number of nitrogens with zero attached hydrogens (tertiary/aromatic N) is 1. The van der Waals surface area contributed by atoms with E-state index in [1.165, 1.54) is 31.2 Å². The van der Waals surface area contributed by atoms with Gasteiger partial charge in [0.05, 0.1) is 11.7 Å². The van der Waals surface area contributed by atoms with E-state index >= 15 is 0 Å². The van der Waals surface area contributed by atoms with Crippen molar-refractivity contribution < 1.29 is 19.8 Å². The molecule has 0 aliphatic rings. The molecule has 5 N–H and O–H groups in total. The van der Waals surface area contributed by atoms with Crippen LogP contribution in [0.5, 0.6) is 5.75 Å². The SMILES string of the molecule is Cc1c(N[C@@H](C(=O)NNC(=O)c2ccc(O)cc2)[C@@H](C)O)ccc(C#N)c1I. The summed E-state index contributed by atoms with van der Waals surface area (Å²) in [7, 11) is 0. The molecule has 8 nitrogen and oxygen atoms in total. The fourth-order valence-corrected chi connectivity index (χ4v) is 2.97. The van der Waals surface area contributed by atoms with Crippen molar-refractivity contribution in [3.8, 4) is 11.8 Å². The van der Waals surface area contributed by atoms with Crippen LogP contribution in [0.1, 0.15) is 28.4 Å². The first-order valence-electron chi connectivity index (χ1n) is 8.27. The zero-order valence-corrected chi connectivity index (χ0v) is 17.3. The zero-order chi connectivity index (χ0) is 20.8. The molecule has 2 rings (SSSR count). The molecule has 0 aromatic heterocycles. The highest BCUT2D eigenvalue weighted by atomic mass is 127. The van der Waals surface area contributed by atoms with Gasteiger partial charge in [0, 0.05) is 14.8 Å². The van der Waals surface area contributed by atoms with Crippen molar-refractivity contribution in [1.82, 2.24) is 10.9 Å². The van der Waals surface area contributed by atoms with Crippen molar-refractivity contribution in [3.63, 3.8) is 0 Å². The van der Waals surface area contributed by atoms with E-state index in [2.05, 4.69) is 22.2 Å². The molecule has 0 saturated heterocycles. The molecule has 0 fully saturated rings. The number of anilines is 1. The maximum absolute atomic E-state index is 12.5. The highest BCUT2D eigenvalue weighted by Crippen LogP contribution is 2.25. The van der Waals surface area contributed by atoms with Crippen molar-refractivity contribution in [1.29, 1.82) is 5.26 Å². The van der Waals surface area contributed by atoms with E-state index in [0.717, 1.165) is 9.13 Å². The predicted octanol–water partition coefficient (Wildman–Crippen LogP) is 1.80. The Morgan fingerprint density at radius 2 is 1.79 bits per heavy atom. The standard InChI is InChI=1S/C19H19IN4O4/c1-10-15(8-5-13(9-21)16(10)20)22-17(11(2)25)19(28)24-23-18(27)12-3-6-14(26)7-4-12/h3-8,11,17,22,25-26H,1-2H3,(H,23,27)(H,24,28)/t11-,17-/m1/s1. The maximum atomic E-state index is 12.5. The lowest BCUT2D eigenvalue weighted by molar-refractivity contribution is -0.124. The molecule has 28 heavy (non-hydrogen) atoms. The summed E-state index contributed by atoms with van der Waals surface area (Å²) in [5.74, 6) is -1.19. The van der Waals surface area contributed by atoms with Gasteiger partial charge in [0.1, 0.15) is 17.9 Å². The molecule has 2 aromatic rings. The van der Waals surface area contributed by atoms with Crippen LogP contribution in [0.2, 0.25) is 0 Å². The average molecular weight is 494 g/mol. The van der Waals surface area contributed by atoms with Crippen molar-refractivity contribution in [2.75, 3.05) is 5.32 Å². The number of amides is 2. The molecule has 0 aliphatic carbocycles. The number of carbonyl (C=O) groups is 2. The molecule has 0 heterocycles. The van der Waals surface area contributed by atoms with Gasteiger partial charge in [0.25, 0.3) is 11.8 Å². The molecule has 9 heteroatoms. The minimum Gasteiger partial charge on any atom is -0.508 e. The van der Waals surface area contributed by atoms with E-state index in [1.807, 2.05) is 22.6 Å². The molecule has 0 bridgehead atoms. The van der Waals surface area contributed by atoms with Gasteiger partial charge in [-0.25, -0.2) is 0 Å². The van der Waals surface area contributed by atoms with Crippen LogP contribution in [0.4, 0.5) is 5.69 Å². The number of phenols is 1. The monoisotopic (exact) mass is 494 g/mol. The number of hydrogen-bond donors (Lipinski definition) is 5. The summed E-state index contributed by atoms with van der Waals surface area (Å²) < 4.78 is 0.746. The van der Waals surface area contributed by atoms with Crippen LogP contribution >= 0.6 is 22.6 Å². The largest absolute Gasteiger partial charge is 0.508 e. The Bertz CT molecular complexity index is 923. The number of phenolic OH excluding ortho intramolecular Hbond substituents is 1. The number of nitrogens with one attached hydrogen (secondary N) is 3. The normalized spacial score (nSPS) is 12.4.